The standard InChI is InChI=1S/C19H21N5/c1-2-21-19-23-17(16-6-4-3-5-7-16)14-18(24-19)22-13-10-15-8-11-20-12-9-15/h3-9,11-12,14H,2,10,13H2,1H3,(H2,21,22,23,24). The van der Waals surface area contributed by atoms with E-state index in [1.807, 2.05) is 55.7 Å². The molecule has 2 N–H and O–H groups in total. The van der Waals surface area contributed by atoms with Gasteiger partial charge >= 0.3 is 0 Å². The monoisotopic (exact) mass is 319 g/mol. The van der Waals surface area contributed by atoms with Crippen LogP contribution in [0.1, 0.15) is 12.5 Å². The van der Waals surface area contributed by atoms with E-state index in [4.69, 9.17) is 0 Å². The molecule has 0 aliphatic carbocycles. The molecule has 0 atom stereocenters. The molecule has 0 saturated heterocycles. The third kappa shape index (κ3) is 4.29. The molecule has 5 heteroatoms. The predicted molar refractivity (Wildman–Crippen MR) is 98.1 cm³/mol. The molecule has 24 heavy (non-hydrogen) atoms. The molecule has 3 rings (SSSR count). The topological polar surface area (TPSA) is 62.7 Å². The molecule has 1 aromatic carbocycles. The van der Waals surface area contributed by atoms with Gasteiger partial charge in [0.05, 0.1) is 5.69 Å². The fraction of sp³-hybridized carbons (Fsp3) is 0.211. The van der Waals surface area contributed by atoms with Crippen LogP contribution in [0.4, 0.5) is 11.8 Å². The average molecular weight is 319 g/mol. The molecular formula is C19H21N5. The van der Waals surface area contributed by atoms with Gasteiger partial charge < -0.3 is 10.6 Å². The Morgan fingerprint density at radius 2 is 1.71 bits per heavy atom. The maximum Gasteiger partial charge on any atom is 0.225 e. The molecule has 0 radical (unpaired) electrons. The van der Waals surface area contributed by atoms with Gasteiger partial charge in [0.2, 0.25) is 5.95 Å². The highest BCUT2D eigenvalue weighted by molar-refractivity contribution is 5.64. The minimum Gasteiger partial charge on any atom is -0.370 e. The van der Waals surface area contributed by atoms with Crippen LogP contribution >= 0.6 is 0 Å². The van der Waals surface area contributed by atoms with Crippen molar-refractivity contribution in [2.75, 3.05) is 23.7 Å². The van der Waals surface area contributed by atoms with Crippen LogP contribution in [-0.2, 0) is 6.42 Å². The maximum absolute atomic E-state index is 4.59. The molecule has 5 nitrogen and oxygen atoms in total. The van der Waals surface area contributed by atoms with E-state index in [9.17, 15) is 0 Å². The summed E-state index contributed by atoms with van der Waals surface area (Å²) in [5.74, 6) is 1.47. The Morgan fingerprint density at radius 3 is 2.46 bits per heavy atom. The smallest absolute Gasteiger partial charge is 0.225 e. The molecule has 122 valence electrons. The number of nitrogens with one attached hydrogen (secondary N) is 2. The van der Waals surface area contributed by atoms with Crippen LogP contribution in [0.15, 0.2) is 60.9 Å². The van der Waals surface area contributed by atoms with Crippen LogP contribution in [0.5, 0.6) is 0 Å². The number of hydrogen-bond donors (Lipinski definition) is 2. The zero-order valence-corrected chi connectivity index (χ0v) is 13.7. The van der Waals surface area contributed by atoms with Crippen molar-refractivity contribution in [2.45, 2.75) is 13.3 Å². The lowest BCUT2D eigenvalue weighted by molar-refractivity contribution is 0.991. The predicted octanol–water partition coefficient (Wildman–Crippen LogP) is 3.63. The van der Waals surface area contributed by atoms with Gasteiger partial charge in [0.15, 0.2) is 0 Å². The zero-order chi connectivity index (χ0) is 16.6. The van der Waals surface area contributed by atoms with Gasteiger partial charge in [-0.1, -0.05) is 30.3 Å². The molecular weight excluding hydrogens is 298 g/mol. The number of anilines is 2. The quantitative estimate of drug-likeness (QED) is 0.696. The Hall–Kier alpha value is -2.95. The lowest BCUT2D eigenvalue weighted by atomic mass is 10.1. The molecule has 0 saturated carbocycles. The van der Waals surface area contributed by atoms with Gasteiger partial charge in [-0.15, -0.1) is 0 Å². The van der Waals surface area contributed by atoms with Crippen molar-refractivity contribution in [1.29, 1.82) is 0 Å². The van der Waals surface area contributed by atoms with Crippen molar-refractivity contribution in [3.8, 4) is 11.3 Å². The van der Waals surface area contributed by atoms with E-state index >= 15 is 0 Å². The van der Waals surface area contributed by atoms with Crippen LogP contribution in [0.25, 0.3) is 11.3 Å². The van der Waals surface area contributed by atoms with Crippen molar-refractivity contribution in [3.05, 3.63) is 66.5 Å². The third-order valence-corrected chi connectivity index (χ3v) is 3.60. The van der Waals surface area contributed by atoms with Gasteiger partial charge in [-0.05, 0) is 31.0 Å². The number of hydrogen-bond acceptors (Lipinski definition) is 5. The Kier molecular flexibility index (Phi) is 5.35. The minimum absolute atomic E-state index is 0.644. The molecule has 0 aliphatic heterocycles. The lowest BCUT2D eigenvalue weighted by Gasteiger charge is -2.11. The summed E-state index contributed by atoms with van der Waals surface area (Å²) in [6, 6.07) is 16.2. The SMILES string of the molecule is CCNc1nc(NCCc2ccncc2)cc(-c2ccccc2)n1. The second kappa shape index (κ2) is 8.06. The largest absolute Gasteiger partial charge is 0.370 e. The first-order valence-electron chi connectivity index (χ1n) is 8.16. The first-order chi connectivity index (χ1) is 11.8. The van der Waals surface area contributed by atoms with E-state index in [2.05, 4.69) is 37.7 Å². The summed E-state index contributed by atoms with van der Waals surface area (Å²) in [5, 5.41) is 6.59. The second-order valence-electron chi connectivity index (χ2n) is 5.39. The fourth-order valence-corrected chi connectivity index (χ4v) is 2.42. The molecule has 0 aliphatic rings. The average Bonchev–Trinajstić information content (AvgIpc) is 2.63. The molecule has 0 unspecified atom stereocenters. The summed E-state index contributed by atoms with van der Waals surface area (Å²) in [6.45, 7) is 3.63. The van der Waals surface area contributed by atoms with Crippen molar-refractivity contribution in [2.24, 2.45) is 0 Å². The minimum atomic E-state index is 0.644. The summed E-state index contributed by atoms with van der Waals surface area (Å²) < 4.78 is 0. The number of aromatic nitrogens is 3. The van der Waals surface area contributed by atoms with Crippen molar-refractivity contribution in [1.82, 2.24) is 15.0 Å². The van der Waals surface area contributed by atoms with Crippen LogP contribution in [0.3, 0.4) is 0 Å². The molecule has 0 fully saturated rings. The van der Waals surface area contributed by atoms with Gasteiger partial charge in [0.1, 0.15) is 5.82 Å². The van der Waals surface area contributed by atoms with E-state index in [1.54, 1.807) is 0 Å². The van der Waals surface area contributed by atoms with Gasteiger partial charge in [-0.3, -0.25) is 4.98 Å². The molecule has 0 bridgehead atoms. The summed E-state index contributed by atoms with van der Waals surface area (Å²) in [4.78, 5) is 13.2. The van der Waals surface area contributed by atoms with Crippen molar-refractivity contribution < 1.29 is 0 Å². The van der Waals surface area contributed by atoms with Gasteiger partial charge in [-0.25, -0.2) is 4.98 Å². The molecule has 2 aromatic heterocycles. The summed E-state index contributed by atoms with van der Waals surface area (Å²) >= 11 is 0. The number of benzene rings is 1. The zero-order valence-electron chi connectivity index (χ0n) is 13.7. The van der Waals surface area contributed by atoms with E-state index in [1.165, 1.54) is 5.56 Å². The summed E-state index contributed by atoms with van der Waals surface area (Å²) in [7, 11) is 0. The Morgan fingerprint density at radius 1 is 0.917 bits per heavy atom. The van der Waals surface area contributed by atoms with Crippen LogP contribution < -0.4 is 10.6 Å². The number of rotatable bonds is 7. The normalized spacial score (nSPS) is 10.4. The Balaban J connectivity index is 1.75. The molecule has 3 aromatic rings. The highest BCUT2D eigenvalue weighted by atomic mass is 15.1. The van der Waals surface area contributed by atoms with Gasteiger partial charge in [0, 0.05) is 37.1 Å². The van der Waals surface area contributed by atoms with Crippen molar-refractivity contribution in [3.63, 3.8) is 0 Å². The van der Waals surface area contributed by atoms with E-state index < -0.39 is 0 Å². The molecule has 2 heterocycles. The number of nitrogens with zero attached hydrogens (tertiary/aromatic N) is 3. The lowest BCUT2D eigenvalue weighted by Crippen LogP contribution is -2.10. The van der Waals surface area contributed by atoms with E-state index in [0.29, 0.717) is 5.95 Å². The fourth-order valence-electron chi connectivity index (χ4n) is 2.42. The highest BCUT2D eigenvalue weighted by Crippen LogP contribution is 2.21. The second-order valence-corrected chi connectivity index (χ2v) is 5.39. The van der Waals surface area contributed by atoms with Crippen LogP contribution in [0, 0.1) is 0 Å². The first kappa shape index (κ1) is 15.9. The highest BCUT2D eigenvalue weighted by Gasteiger charge is 2.06. The molecule has 0 spiro atoms. The van der Waals surface area contributed by atoms with Crippen molar-refractivity contribution >= 4 is 11.8 Å². The summed E-state index contributed by atoms with van der Waals surface area (Å²) in [5.41, 5.74) is 3.24. The van der Waals surface area contributed by atoms with E-state index in [-0.39, 0.29) is 0 Å². The number of pyridine rings is 1. The van der Waals surface area contributed by atoms with Gasteiger partial charge in [0.25, 0.3) is 0 Å². The Bertz CT molecular complexity index is 759. The maximum atomic E-state index is 4.59. The first-order valence-corrected chi connectivity index (χ1v) is 8.16. The van der Waals surface area contributed by atoms with Crippen LogP contribution in [0.2, 0.25) is 0 Å². The summed E-state index contributed by atoms with van der Waals surface area (Å²) in [6.07, 6.45) is 4.55. The molecule has 0 amide bonds. The Labute approximate surface area is 142 Å². The third-order valence-electron chi connectivity index (χ3n) is 3.60. The van der Waals surface area contributed by atoms with Crippen LogP contribution in [-0.4, -0.2) is 28.0 Å². The van der Waals surface area contributed by atoms with Gasteiger partial charge in [-0.2, -0.15) is 4.98 Å². The van der Waals surface area contributed by atoms with E-state index in [0.717, 1.165) is 36.6 Å².